The van der Waals surface area contributed by atoms with Crippen LogP contribution in [0.2, 0.25) is 0 Å². The van der Waals surface area contributed by atoms with Gasteiger partial charge in [-0.3, -0.25) is 4.79 Å². The largest absolute Gasteiger partial charge is 0.487 e. The Balaban J connectivity index is 1.83. The van der Waals surface area contributed by atoms with Crippen molar-refractivity contribution in [1.29, 1.82) is 0 Å². The Bertz CT molecular complexity index is 445. The molecule has 0 saturated heterocycles. The van der Waals surface area contributed by atoms with Crippen molar-refractivity contribution >= 4 is 11.7 Å². The quantitative estimate of drug-likeness (QED) is 0.655. The number of hydrogen-bond donors (Lipinski definition) is 1. The summed E-state index contributed by atoms with van der Waals surface area (Å²) < 4.78 is 10.4. The highest BCUT2D eigenvalue weighted by molar-refractivity contribution is 5.69. The standard InChI is InChI=1S/C15H21NO3/c1-11-10-16-13-9-12(7-8-14(13)19-11)5-3-4-6-15(17)18-2/h7-9,11,16H,3-6,10H2,1-2H3. The van der Waals surface area contributed by atoms with Crippen LogP contribution < -0.4 is 10.1 Å². The SMILES string of the molecule is COC(=O)CCCCc1ccc2c(c1)NCC(C)O2. The second-order valence-electron chi connectivity index (χ2n) is 4.92. The number of unbranched alkanes of at least 4 members (excludes halogenated alkanes) is 1. The maximum atomic E-state index is 11.0. The molecule has 1 unspecified atom stereocenters. The first-order valence-corrected chi connectivity index (χ1v) is 6.79. The van der Waals surface area contributed by atoms with Gasteiger partial charge in [-0.05, 0) is 43.9 Å². The highest BCUT2D eigenvalue weighted by Gasteiger charge is 2.15. The molecular formula is C15H21NO3. The van der Waals surface area contributed by atoms with E-state index in [0.29, 0.717) is 6.42 Å². The minimum Gasteiger partial charge on any atom is -0.487 e. The zero-order valence-corrected chi connectivity index (χ0v) is 11.6. The van der Waals surface area contributed by atoms with E-state index < -0.39 is 0 Å². The fourth-order valence-electron chi connectivity index (χ4n) is 2.19. The normalized spacial score (nSPS) is 17.1. The first-order valence-electron chi connectivity index (χ1n) is 6.79. The molecule has 1 aromatic carbocycles. The van der Waals surface area contributed by atoms with E-state index >= 15 is 0 Å². The van der Waals surface area contributed by atoms with E-state index in [1.807, 2.05) is 6.07 Å². The lowest BCUT2D eigenvalue weighted by molar-refractivity contribution is -0.140. The summed E-state index contributed by atoms with van der Waals surface area (Å²) in [5.41, 5.74) is 2.35. The van der Waals surface area contributed by atoms with Gasteiger partial charge in [0.05, 0.1) is 19.3 Å². The Morgan fingerprint density at radius 2 is 2.32 bits per heavy atom. The summed E-state index contributed by atoms with van der Waals surface area (Å²) in [4.78, 5) is 11.0. The third-order valence-corrected chi connectivity index (χ3v) is 3.28. The van der Waals surface area contributed by atoms with Crippen LogP contribution in [0.25, 0.3) is 0 Å². The summed E-state index contributed by atoms with van der Waals surface area (Å²) in [5.74, 6) is 0.798. The number of rotatable bonds is 5. The van der Waals surface area contributed by atoms with Crippen molar-refractivity contribution in [3.05, 3.63) is 23.8 Å². The van der Waals surface area contributed by atoms with Crippen LogP contribution in [0.1, 0.15) is 31.7 Å². The topological polar surface area (TPSA) is 47.6 Å². The molecule has 0 aliphatic carbocycles. The molecule has 1 aliphatic heterocycles. The molecular weight excluding hydrogens is 242 g/mol. The first-order chi connectivity index (χ1) is 9.19. The van der Waals surface area contributed by atoms with Crippen LogP contribution in [0.5, 0.6) is 5.75 Å². The molecule has 104 valence electrons. The predicted octanol–water partition coefficient (Wildman–Crippen LogP) is 2.77. The molecule has 1 atom stereocenters. The molecule has 0 amide bonds. The van der Waals surface area contributed by atoms with Crippen LogP contribution in [0.3, 0.4) is 0 Å². The third-order valence-electron chi connectivity index (χ3n) is 3.28. The molecule has 0 radical (unpaired) electrons. The molecule has 19 heavy (non-hydrogen) atoms. The molecule has 0 spiro atoms. The number of carbonyl (C=O) groups is 1. The highest BCUT2D eigenvalue weighted by Crippen LogP contribution is 2.30. The van der Waals surface area contributed by atoms with Crippen molar-refractivity contribution in [1.82, 2.24) is 0 Å². The molecule has 1 N–H and O–H groups in total. The van der Waals surface area contributed by atoms with Gasteiger partial charge in [-0.25, -0.2) is 0 Å². The minimum atomic E-state index is -0.130. The fraction of sp³-hybridized carbons (Fsp3) is 0.533. The van der Waals surface area contributed by atoms with E-state index in [2.05, 4.69) is 29.1 Å². The van der Waals surface area contributed by atoms with Crippen molar-refractivity contribution in [3.8, 4) is 5.75 Å². The first kappa shape index (κ1) is 13.7. The number of anilines is 1. The number of benzene rings is 1. The summed E-state index contributed by atoms with van der Waals surface area (Å²) in [7, 11) is 1.43. The van der Waals surface area contributed by atoms with Crippen LogP contribution in [-0.4, -0.2) is 25.7 Å². The van der Waals surface area contributed by atoms with Gasteiger partial charge < -0.3 is 14.8 Å². The van der Waals surface area contributed by atoms with Gasteiger partial charge in [-0.15, -0.1) is 0 Å². The van der Waals surface area contributed by atoms with Gasteiger partial charge in [0.2, 0.25) is 0 Å². The molecule has 1 aromatic rings. The maximum absolute atomic E-state index is 11.0. The van der Waals surface area contributed by atoms with Gasteiger partial charge in [-0.1, -0.05) is 6.07 Å². The number of hydrogen-bond acceptors (Lipinski definition) is 4. The van der Waals surface area contributed by atoms with E-state index in [1.54, 1.807) is 0 Å². The second-order valence-corrected chi connectivity index (χ2v) is 4.92. The Kier molecular flexibility index (Phi) is 4.66. The van der Waals surface area contributed by atoms with Gasteiger partial charge in [0.1, 0.15) is 11.9 Å². The van der Waals surface area contributed by atoms with E-state index in [4.69, 9.17) is 4.74 Å². The number of aryl methyl sites for hydroxylation is 1. The molecule has 4 nitrogen and oxygen atoms in total. The van der Waals surface area contributed by atoms with Gasteiger partial charge in [-0.2, -0.15) is 0 Å². The number of esters is 1. The molecule has 0 fully saturated rings. The van der Waals surface area contributed by atoms with Crippen LogP contribution in [0, 0.1) is 0 Å². The van der Waals surface area contributed by atoms with Gasteiger partial charge in [0, 0.05) is 6.42 Å². The number of fused-ring (bicyclic) bond motifs is 1. The summed E-state index contributed by atoms with van der Waals surface area (Å²) >= 11 is 0. The smallest absolute Gasteiger partial charge is 0.305 e. The van der Waals surface area contributed by atoms with Crippen molar-refractivity contribution in [2.45, 2.75) is 38.7 Å². The highest BCUT2D eigenvalue weighted by atomic mass is 16.5. The molecule has 4 heteroatoms. The van der Waals surface area contributed by atoms with E-state index in [-0.39, 0.29) is 12.1 Å². The lowest BCUT2D eigenvalue weighted by Crippen LogP contribution is -2.27. The van der Waals surface area contributed by atoms with Crippen LogP contribution in [0.4, 0.5) is 5.69 Å². The average molecular weight is 263 g/mol. The number of ether oxygens (including phenoxy) is 2. The predicted molar refractivity (Wildman–Crippen MR) is 74.6 cm³/mol. The molecule has 1 heterocycles. The van der Waals surface area contributed by atoms with Gasteiger partial charge in [0.25, 0.3) is 0 Å². The zero-order valence-electron chi connectivity index (χ0n) is 11.6. The fourth-order valence-corrected chi connectivity index (χ4v) is 2.19. The van der Waals surface area contributed by atoms with Crippen LogP contribution in [-0.2, 0) is 16.0 Å². The number of carbonyl (C=O) groups excluding carboxylic acids is 1. The zero-order chi connectivity index (χ0) is 13.7. The summed E-state index contributed by atoms with van der Waals surface area (Å²) in [6.07, 6.45) is 3.55. The van der Waals surface area contributed by atoms with Crippen molar-refractivity contribution in [2.75, 3.05) is 19.0 Å². The number of methoxy groups -OCH3 is 1. The van der Waals surface area contributed by atoms with Crippen molar-refractivity contribution < 1.29 is 14.3 Å². The summed E-state index contributed by atoms with van der Waals surface area (Å²) in [6, 6.07) is 6.25. The molecule has 0 aromatic heterocycles. The Hall–Kier alpha value is -1.71. The summed E-state index contributed by atoms with van der Waals surface area (Å²) in [5, 5.41) is 3.37. The lowest BCUT2D eigenvalue weighted by Gasteiger charge is -2.25. The van der Waals surface area contributed by atoms with Crippen molar-refractivity contribution in [2.24, 2.45) is 0 Å². The van der Waals surface area contributed by atoms with Crippen LogP contribution in [0.15, 0.2) is 18.2 Å². The van der Waals surface area contributed by atoms with Crippen LogP contribution >= 0.6 is 0 Å². The Morgan fingerprint density at radius 1 is 1.47 bits per heavy atom. The van der Waals surface area contributed by atoms with E-state index in [1.165, 1.54) is 12.7 Å². The third kappa shape index (κ3) is 3.88. The monoisotopic (exact) mass is 263 g/mol. The van der Waals surface area contributed by atoms with Crippen molar-refractivity contribution in [3.63, 3.8) is 0 Å². The average Bonchev–Trinajstić information content (AvgIpc) is 2.43. The lowest BCUT2D eigenvalue weighted by atomic mass is 10.1. The van der Waals surface area contributed by atoms with Gasteiger partial charge >= 0.3 is 5.97 Å². The minimum absolute atomic E-state index is 0.130. The summed E-state index contributed by atoms with van der Waals surface area (Å²) in [6.45, 7) is 2.90. The Labute approximate surface area is 114 Å². The second kappa shape index (κ2) is 6.45. The molecule has 0 saturated carbocycles. The molecule has 1 aliphatic rings. The number of nitrogens with one attached hydrogen (secondary N) is 1. The molecule has 0 bridgehead atoms. The van der Waals surface area contributed by atoms with E-state index in [0.717, 1.165) is 37.2 Å². The molecule has 2 rings (SSSR count). The van der Waals surface area contributed by atoms with Gasteiger partial charge in [0.15, 0.2) is 0 Å². The maximum Gasteiger partial charge on any atom is 0.305 e. The van der Waals surface area contributed by atoms with E-state index in [9.17, 15) is 4.79 Å². The Morgan fingerprint density at radius 3 is 3.11 bits per heavy atom.